The molecule has 0 atom stereocenters. The topological polar surface area (TPSA) is 15.3 Å². The van der Waals surface area contributed by atoms with Gasteiger partial charge in [-0.1, -0.05) is 34.6 Å². The summed E-state index contributed by atoms with van der Waals surface area (Å²) < 4.78 is 0. The molecule has 0 bridgehead atoms. The highest BCUT2D eigenvalue weighted by Gasteiger charge is 2.13. The van der Waals surface area contributed by atoms with E-state index in [4.69, 9.17) is 0 Å². The van der Waals surface area contributed by atoms with Gasteiger partial charge in [-0.3, -0.25) is 5.43 Å². The number of nitrogens with one attached hydrogen (secondary N) is 1. The molecule has 11 heavy (non-hydrogen) atoms. The van der Waals surface area contributed by atoms with Gasteiger partial charge in [-0.15, -0.1) is 0 Å². The first-order valence-corrected chi connectivity index (χ1v) is 4.48. The Hall–Kier alpha value is -0.0800. The standard InChI is InChI=1S/C9H22N2/c1-6-10-11(7-2)8-9(3,4)5/h10H,6-8H2,1-5H3. The number of hydrazine groups is 1. The van der Waals surface area contributed by atoms with Gasteiger partial charge in [0.25, 0.3) is 0 Å². The zero-order chi connectivity index (χ0) is 8.91. The summed E-state index contributed by atoms with van der Waals surface area (Å²) in [5.41, 5.74) is 3.71. The monoisotopic (exact) mass is 158 g/mol. The summed E-state index contributed by atoms with van der Waals surface area (Å²) in [5.74, 6) is 0. The molecular formula is C9H22N2. The molecule has 68 valence electrons. The van der Waals surface area contributed by atoms with E-state index in [2.05, 4.69) is 45.1 Å². The van der Waals surface area contributed by atoms with Gasteiger partial charge in [0, 0.05) is 19.6 Å². The van der Waals surface area contributed by atoms with Gasteiger partial charge in [0.1, 0.15) is 0 Å². The molecule has 0 aromatic rings. The second kappa shape index (κ2) is 4.73. The average molecular weight is 158 g/mol. The first kappa shape index (κ1) is 10.9. The molecule has 0 spiro atoms. The van der Waals surface area contributed by atoms with Crippen molar-refractivity contribution in [3.63, 3.8) is 0 Å². The van der Waals surface area contributed by atoms with E-state index < -0.39 is 0 Å². The van der Waals surface area contributed by atoms with Gasteiger partial charge in [0.2, 0.25) is 0 Å². The van der Waals surface area contributed by atoms with E-state index in [9.17, 15) is 0 Å². The van der Waals surface area contributed by atoms with Crippen LogP contribution in [0.5, 0.6) is 0 Å². The van der Waals surface area contributed by atoms with Crippen molar-refractivity contribution in [1.29, 1.82) is 0 Å². The van der Waals surface area contributed by atoms with Gasteiger partial charge in [-0.05, 0) is 5.41 Å². The molecule has 0 saturated carbocycles. The summed E-state index contributed by atoms with van der Waals surface area (Å²) in [7, 11) is 0. The lowest BCUT2D eigenvalue weighted by Gasteiger charge is -2.28. The lowest BCUT2D eigenvalue weighted by atomic mass is 9.97. The van der Waals surface area contributed by atoms with Crippen molar-refractivity contribution in [3.05, 3.63) is 0 Å². The number of hydrogen-bond donors (Lipinski definition) is 1. The van der Waals surface area contributed by atoms with Crippen molar-refractivity contribution in [2.75, 3.05) is 19.6 Å². The molecule has 0 saturated heterocycles. The van der Waals surface area contributed by atoms with Crippen LogP contribution in [-0.4, -0.2) is 24.6 Å². The van der Waals surface area contributed by atoms with Gasteiger partial charge in [0.15, 0.2) is 0 Å². The molecule has 2 nitrogen and oxygen atoms in total. The fourth-order valence-corrected chi connectivity index (χ4v) is 1.08. The normalized spacial score (nSPS) is 12.5. The molecule has 0 aromatic heterocycles. The molecule has 1 N–H and O–H groups in total. The summed E-state index contributed by atoms with van der Waals surface area (Å²) in [6.07, 6.45) is 0. The van der Waals surface area contributed by atoms with E-state index in [1.165, 1.54) is 0 Å². The Bertz CT molecular complexity index is 94.2. The Balaban J connectivity index is 3.68. The second-order valence-electron chi connectivity index (χ2n) is 4.09. The quantitative estimate of drug-likeness (QED) is 0.628. The number of rotatable bonds is 4. The fraction of sp³-hybridized carbons (Fsp3) is 1.00. The summed E-state index contributed by atoms with van der Waals surface area (Å²) in [6.45, 7) is 14.3. The minimum atomic E-state index is 0.387. The Morgan fingerprint density at radius 1 is 1.18 bits per heavy atom. The molecule has 0 radical (unpaired) electrons. The van der Waals surface area contributed by atoms with E-state index in [0.717, 1.165) is 19.6 Å². The first-order valence-electron chi connectivity index (χ1n) is 4.48. The molecule has 0 aromatic carbocycles. The maximum absolute atomic E-state index is 3.32. The van der Waals surface area contributed by atoms with Gasteiger partial charge < -0.3 is 0 Å². The molecular weight excluding hydrogens is 136 g/mol. The summed E-state index contributed by atoms with van der Waals surface area (Å²) in [5, 5.41) is 2.26. The van der Waals surface area contributed by atoms with E-state index in [1.54, 1.807) is 0 Å². The number of nitrogens with zero attached hydrogens (tertiary/aromatic N) is 1. The predicted octanol–water partition coefficient (Wildman–Crippen LogP) is 1.88. The third-order valence-electron chi connectivity index (χ3n) is 1.43. The molecule has 0 heterocycles. The molecule has 0 amide bonds. The van der Waals surface area contributed by atoms with Crippen LogP contribution in [0, 0.1) is 5.41 Å². The average Bonchev–Trinajstić information content (AvgIpc) is 1.84. The number of hydrogen-bond acceptors (Lipinski definition) is 2. The highest BCUT2D eigenvalue weighted by molar-refractivity contribution is 4.65. The highest BCUT2D eigenvalue weighted by atomic mass is 15.5. The highest BCUT2D eigenvalue weighted by Crippen LogP contribution is 2.13. The van der Waals surface area contributed by atoms with Crippen LogP contribution >= 0.6 is 0 Å². The Kier molecular flexibility index (Phi) is 4.69. The van der Waals surface area contributed by atoms with Crippen LogP contribution in [0.4, 0.5) is 0 Å². The smallest absolute Gasteiger partial charge is 0.0179 e. The van der Waals surface area contributed by atoms with E-state index >= 15 is 0 Å². The van der Waals surface area contributed by atoms with Gasteiger partial charge in [-0.25, -0.2) is 5.01 Å². The zero-order valence-electron chi connectivity index (χ0n) is 8.57. The summed E-state index contributed by atoms with van der Waals surface area (Å²) >= 11 is 0. The minimum Gasteiger partial charge on any atom is -0.255 e. The zero-order valence-corrected chi connectivity index (χ0v) is 8.57. The molecule has 0 aliphatic heterocycles. The van der Waals surface area contributed by atoms with Gasteiger partial charge >= 0.3 is 0 Å². The van der Waals surface area contributed by atoms with Crippen molar-refractivity contribution in [2.24, 2.45) is 5.41 Å². The van der Waals surface area contributed by atoms with Crippen molar-refractivity contribution >= 4 is 0 Å². The molecule has 0 unspecified atom stereocenters. The van der Waals surface area contributed by atoms with Gasteiger partial charge in [-0.2, -0.15) is 0 Å². The maximum Gasteiger partial charge on any atom is 0.0179 e. The van der Waals surface area contributed by atoms with E-state index in [1.807, 2.05) is 0 Å². The lowest BCUT2D eigenvalue weighted by Crippen LogP contribution is -2.42. The molecule has 0 fully saturated rings. The van der Waals surface area contributed by atoms with Crippen LogP contribution in [0.25, 0.3) is 0 Å². The maximum atomic E-state index is 3.32. The van der Waals surface area contributed by atoms with Crippen molar-refractivity contribution in [3.8, 4) is 0 Å². The third-order valence-corrected chi connectivity index (χ3v) is 1.43. The van der Waals surface area contributed by atoms with Crippen molar-refractivity contribution < 1.29 is 0 Å². The third kappa shape index (κ3) is 6.32. The van der Waals surface area contributed by atoms with Crippen LogP contribution in [0.2, 0.25) is 0 Å². The van der Waals surface area contributed by atoms with Crippen LogP contribution in [0.15, 0.2) is 0 Å². The fourth-order valence-electron chi connectivity index (χ4n) is 1.08. The Morgan fingerprint density at radius 3 is 2.00 bits per heavy atom. The Labute approximate surface area is 70.9 Å². The van der Waals surface area contributed by atoms with E-state index in [-0.39, 0.29) is 0 Å². The SMILES string of the molecule is CCNN(CC)CC(C)(C)C. The van der Waals surface area contributed by atoms with Crippen LogP contribution in [-0.2, 0) is 0 Å². The van der Waals surface area contributed by atoms with E-state index in [0.29, 0.717) is 5.41 Å². The van der Waals surface area contributed by atoms with Crippen LogP contribution in [0.1, 0.15) is 34.6 Å². The first-order chi connectivity index (χ1) is 4.99. The summed E-state index contributed by atoms with van der Waals surface area (Å²) in [4.78, 5) is 0. The molecule has 2 heteroatoms. The van der Waals surface area contributed by atoms with Crippen LogP contribution < -0.4 is 5.43 Å². The molecule has 0 aliphatic rings. The largest absolute Gasteiger partial charge is 0.255 e. The molecule has 0 rings (SSSR count). The second-order valence-corrected chi connectivity index (χ2v) is 4.09. The van der Waals surface area contributed by atoms with Crippen molar-refractivity contribution in [1.82, 2.24) is 10.4 Å². The molecule has 0 aliphatic carbocycles. The van der Waals surface area contributed by atoms with Gasteiger partial charge in [0.05, 0.1) is 0 Å². The lowest BCUT2D eigenvalue weighted by molar-refractivity contribution is 0.140. The van der Waals surface area contributed by atoms with Crippen LogP contribution in [0.3, 0.4) is 0 Å². The van der Waals surface area contributed by atoms with Crippen molar-refractivity contribution in [2.45, 2.75) is 34.6 Å². The Morgan fingerprint density at radius 2 is 1.73 bits per heavy atom. The minimum absolute atomic E-state index is 0.387. The predicted molar refractivity (Wildman–Crippen MR) is 50.4 cm³/mol. The summed E-state index contributed by atoms with van der Waals surface area (Å²) in [6, 6.07) is 0.